The predicted molar refractivity (Wildman–Crippen MR) is 133 cm³/mol. The number of nitrogens with one attached hydrogen (secondary N) is 1. The minimum absolute atomic E-state index is 0.00629. The highest BCUT2D eigenvalue weighted by Gasteiger charge is 2.16. The summed E-state index contributed by atoms with van der Waals surface area (Å²) in [7, 11) is 0. The Labute approximate surface area is 201 Å². The van der Waals surface area contributed by atoms with Crippen LogP contribution in [0.4, 0.5) is 5.69 Å². The molecule has 0 bridgehead atoms. The predicted octanol–water partition coefficient (Wildman–Crippen LogP) is 5.11. The molecule has 4 aromatic rings. The summed E-state index contributed by atoms with van der Waals surface area (Å²) in [5, 5.41) is 14.4. The molecule has 2 aromatic carbocycles. The summed E-state index contributed by atoms with van der Waals surface area (Å²) in [6.07, 6.45) is 1.58. The Morgan fingerprint density at radius 3 is 2.48 bits per heavy atom. The zero-order chi connectivity index (χ0) is 23.0. The monoisotopic (exact) mass is 476 g/mol. The first kappa shape index (κ1) is 22.9. The lowest BCUT2D eigenvalue weighted by Gasteiger charge is -2.10. The first-order valence-corrected chi connectivity index (χ1v) is 12.5. The Bertz CT molecular complexity index is 1200. The van der Waals surface area contributed by atoms with Crippen molar-refractivity contribution in [2.45, 2.75) is 31.5 Å². The number of nitrogens with zero attached hydrogens (tertiary/aromatic N) is 3. The number of ketones is 1. The van der Waals surface area contributed by atoms with Crippen LogP contribution in [-0.4, -0.2) is 32.2 Å². The molecule has 0 spiro atoms. The summed E-state index contributed by atoms with van der Waals surface area (Å²) in [6.45, 7) is 2.20. The van der Waals surface area contributed by atoms with Crippen molar-refractivity contribution in [2.24, 2.45) is 0 Å². The number of rotatable bonds is 10. The average molecular weight is 477 g/mol. The van der Waals surface area contributed by atoms with E-state index in [-0.39, 0.29) is 17.4 Å². The normalized spacial score (nSPS) is 10.8. The second kappa shape index (κ2) is 11.1. The van der Waals surface area contributed by atoms with E-state index in [4.69, 9.17) is 0 Å². The van der Waals surface area contributed by atoms with Crippen molar-refractivity contribution in [3.63, 3.8) is 0 Å². The van der Waals surface area contributed by atoms with Crippen LogP contribution in [0, 0.1) is 0 Å². The largest absolute Gasteiger partial charge is 0.326 e. The molecule has 0 unspecified atom stereocenters. The Morgan fingerprint density at radius 2 is 1.79 bits per heavy atom. The van der Waals surface area contributed by atoms with E-state index in [2.05, 4.69) is 43.7 Å². The first-order chi connectivity index (χ1) is 16.1. The van der Waals surface area contributed by atoms with Crippen LogP contribution in [0.5, 0.6) is 0 Å². The number of thioether (sulfide) groups is 1. The van der Waals surface area contributed by atoms with Gasteiger partial charge in [-0.2, -0.15) is 0 Å². The van der Waals surface area contributed by atoms with Crippen LogP contribution < -0.4 is 5.32 Å². The average Bonchev–Trinajstić information content (AvgIpc) is 3.47. The molecule has 33 heavy (non-hydrogen) atoms. The maximum absolute atomic E-state index is 12.7. The Morgan fingerprint density at radius 1 is 1.00 bits per heavy atom. The fourth-order valence-electron chi connectivity index (χ4n) is 3.39. The molecule has 0 saturated carbocycles. The smallest absolute Gasteiger partial charge is 0.221 e. The maximum Gasteiger partial charge on any atom is 0.221 e. The Hall–Kier alpha value is -3.23. The van der Waals surface area contributed by atoms with Gasteiger partial charge in [-0.05, 0) is 47.7 Å². The van der Waals surface area contributed by atoms with Crippen LogP contribution in [-0.2, 0) is 24.2 Å². The van der Waals surface area contributed by atoms with Gasteiger partial charge in [0, 0.05) is 36.0 Å². The van der Waals surface area contributed by atoms with Crippen molar-refractivity contribution in [3.05, 3.63) is 93.9 Å². The topological polar surface area (TPSA) is 76.9 Å². The molecular formula is C25H24N4O2S2. The Kier molecular flexibility index (Phi) is 7.70. The van der Waals surface area contributed by atoms with E-state index >= 15 is 0 Å². The fourth-order valence-corrected chi connectivity index (χ4v) is 4.97. The summed E-state index contributed by atoms with van der Waals surface area (Å²) in [4.78, 5) is 25.1. The van der Waals surface area contributed by atoms with Gasteiger partial charge < -0.3 is 9.88 Å². The van der Waals surface area contributed by atoms with Crippen LogP contribution in [0.15, 0.2) is 77.3 Å². The van der Waals surface area contributed by atoms with Crippen LogP contribution >= 0.6 is 23.1 Å². The standard InChI is InChI=1S/C25H24N4O2S2/c1-18(30)26-21-11-9-20(10-12-21)23(31)17-33-25-28-27-24(16-22-8-5-15-32-22)29(25)14-13-19-6-3-2-4-7-19/h2-12,15H,13-14,16-17H2,1H3,(H,26,30). The van der Waals surface area contributed by atoms with Gasteiger partial charge in [0.2, 0.25) is 5.91 Å². The van der Waals surface area contributed by atoms with Gasteiger partial charge in [0.05, 0.1) is 5.75 Å². The Balaban J connectivity index is 1.46. The molecule has 6 nitrogen and oxygen atoms in total. The van der Waals surface area contributed by atoms with E-state index < -0.39 is 0 Å². The number of aryl methyl sites for hydroxylation is 1. The number of amides is 1. The molecule has 0 fully saturated rings. The number of Topliss-reactive ketones (excluding diaryl/α,β-unsaturated/α-hetero) is 1. The number of thiophene rings is 1. The third-order valence-electron chi connectivity index (χ3n) is 5.03. The van der Waals surface area contributed by atoms with Gasteiger partial charge in [-0.15, -0.1) is 21.5 Å². The molecule has 0 aliphatic rings. The third-order valence-corrected chi connectivity index (χ3v) is 6.88. The number of aromatic nitrogens is 3. The lowest BCUT2D eigenvalue weighted by molar-refractivity contribution is -0.114. The molecule has 0 saturated heterocycles. The summed E-state index contributed by atoms with van der Waals surface area (Å²) < 4.78 is 2.13. The number of hydrogen-bond donors (Lipinski definition) is 1. The number of hydrogen-bond acceptors (Lipinski definition) is 6. The molecule has 0 aliphatic heterocycles. The summed E-state index contributed by atoms with van der Waals surface area (Å²) in [5.41, 5.74) is 2.52. The fraction of sp³-hybridized carbons (Fsp3) is 0.200. The minimum atomic E-state index is -0.141. The van der Waals surface area contributed by atoms with E-state index in [1.54, 1.807) is 35.6 Å². The highest BCUT2D eigenvalue weighted by atomic mass is 32.2. The van der Waals surface area contributed by atoms with Gasteiger partial charge in [-0.25, -0.2) is 0 Å². The number of carbonyl (C=O) groups is 2. The van der Waals surface area contributed by atoms with Crippen molar-refractivity contribution < 1.29 is 9.59 Å². The summed E-state index contributed by atoms with van der Waals surface area (Å²) in [6, 6.07) is 21.4. The molecule has 4 rings (SSSR count). The van der Waals surface area contributed by atoms with Crippen molar-refractivity contribution in [1.29, 1.82) is 0 Å². The van der Waals surface area contributed by atoms with Crippen molar-refractivity contribution in [3.8, 4) is 0 Å². The lowest BCUT2D eigenvalue weighted by Crippen LogP contribution is -2.10. The molecule has 0 aliphatic carbocycles. The summed E-state index contributed by atoms with van der Waals surface area (Å²) in [5.74, 6) is 1.04. The van der Waals surface area contributed by atoms with Crippen molar-refractivity contribution >= 4 is 40.5 Å². The zero-order valence-corrected chi connectivity index (χ0v) is 19.9. The second-order valence-corrected chi connectivity index (χ2v) is 9.49. The third kappa shape index (κ3) is 6.40. The second-order valence-electron chi connectivity index (χ2n) is 7.51. The van der Waals surface area contributed by atoms with Gasteiger partial charge >= 0.3 is 0 Å². The van der Waals surface area contributed by atoms with E-state index in [1.165, 1.54) is 29.1 Å². The van der Waals surface area contributed by atoms with Gasteiger partial charge in [0.1, 0.15) is 5.82 Å². The quantitative estimate of drug-likeness (QED) is 0.254. The van der Waals surface area contributed by atoms with Crippen LogP contribution in [0.25, 0.3) is 0 Å². The zero-order valence-electron chi connectivity index (χ0n) is 18.2. The van der Waals surface area contributed by atoms with E-state index in [0.29, 0.717) is 11.3 Å². The number of anilines is 1. The lowest BCUT2D eigenvalue weighted by atomic mass is 10.1. The van der Waals surface area contributed by atoms with Crippen LogP contribution in [0.1, 0.15) is 33.5 Å². The number of carbonyl (C=O) groups excluding carboxylic acids is 2. The van der Waals surface area contributed by atoms with Crippen molar-refractivity contribution in [2.75, 3.05) is 11.1 Å². The van der Waals surface area contributed by atoms with Crippen LogP contribution in [0.2, 0.25) is 0 Å². The van der Waals surface area contributed by atoms with E-state index in [9.17, 15) is 9.59 Å². The first-order valence-electron chi connectivity index (χ1n) is 10.6. The van der Waals surface area contributed by atoms with E-state index in [1.807, 2.05) is 24.3 Å². The maximum atomic E-state index is 12.7. The molecule has 2 heterocycles. The van der Waals surface area contributed by atoms with Gasteiger partial charge in [-0.3, -0.25) is 9.59 Å². The van der Waals surface area contributed by atoms with Gasteiger partial charge in [0.15, 0.2) is 10.9 Å². The summed E-state index contributed by atoms with van der Waals surface area (Å²) >= 11 is 3.11. The minimum Gasteiger partial charge on any atom is -0.326 e. The molecule has 168 valence electrons. The number of benzene rings is 2. The molecule has 0 atom stereocenters. The molecule has 1 amide bonds. The van der Waals surface area contributed by atoms with Crippen LogP contribution in [0.3, 0.4) is 0 Å². The molecular weight excluding hydrogens is 452 g/mol. The molecule has 8 heteroatoms. The molecule has 1 N–H and O–H groups in total. The molecule has 2 aromatic heterocycles. The van der Waals surface area contributed by atoms with Gasteiger partial charge in [-0.1, -0.05) is 48.2 Å². The highest BCUT2D eigenvalue weighted by molar-refractivity contribution is 7.99. The molecule has 0 radical (unpaired) electrons. The van der Waals surface area contributed by atoms with E-state index in [0.717, 1.165) is 30.4 Å². The van der Waals surface area contributed by atoms with Crippen molar-refractivity contribution in [1.82, 2.24) is 14.8 Å². The van der Waals surface area contributed by atoms with Gasteiger partial charge in [0.25, 0.3) is 0 Å². The highest BCUT2D eigenvalue weighted by Crippen LogP contribution is 2.22. The SMILES string of the molecule is CC(=O)Nc1ccc(C(=O)CSc2nnc(Cc3cccs3)n2CCc2ccccc2)cc1.